The van der Waals surface area contributed by atoms with E-state index >= 15 is 0 Å². The molecule has 0 amide bonds. The van der Waals surface area contributed by atoms with Crippen molar-refractivity contribution >= 4 is 0 Å². The molecular weight excluding hydrogens is 322 g/mol. The predicted octanol–water partition coefficient (Wildman–Crippen LogP) is 6.05. The minimum atomic E-state index is -0.943. The van der Waals surface area contributed by atoms with Gasteiger partial charge >= 0.3 is 0 Å². The van der Waals surface area contributed by atoms with Gasteiger partial charge in [-0.2, -0.15) is 8.78 Å². The zero-order valence-corrected chi connectivity index (χ0v) is 15.5. The molecule has 2 aliphatic rings. The molecule has 25 heavy (non-hydrogen) atoms. The first kappa shape index (κ1) is 18.5. The highest BCUT2D eigenvalue weighted by molar-refractivity contribution is 5.44. The minimum Gasteiger partial charge on any atom is -0.494 e. The lowest BCUT2D eigenvalue weighted by molar-refractivity contribution is 0.0705. The third-order valence-corrected chi connectivity index (χ3v) is 6.03. The van der Waals surface area contributed by atoms with Crippen LogP contribution in [0.4, 0.5) is 8.78 Å². The summed E-state index contributed by atoms with van der Waals surface area (Å²) in [4.78, 5) is 0. The fourth-order valence-electron chi connectivity index (χ4n) is 4.47. The average Bonchev–Trinajstić information content (AvgIpc) is 2.65. The molecule has 0 radical (unpaired) electrons. The number of hydrogen-bond acceptors (Lipinski definition) is 2. The summed E-state index contributed by atoms with van der Waals surface area (Å²) >= 11 is 0. The van der Waals surface area contributed by atoms with Gasteiger partial charge in [-0.3, -0.25) is 0 Å². The van der Waals surface area contributed by atoms with Crippen LogP contribution in [0.2, 0.25) is 0 Å². The van der Waals surface area contributed by atoms with Crippen molar-refractivity contribution in [3.63, 3.8) is 0 Å². The monoisotopic (exact) mass is 352 g/mol. The maximum absolute atomic E-state index is 14.3. The second-order valence-corrected chi connectivity index (χ2v) is 7.67. The van der Waals surface area contributed by atoms with Gasteiger partial charge < -0.3 is 9.47 Å². The zero-order valence-electron chi connectivity index (χ0n) is 15.5. The highest BCUT2D eigenvalue weighted by Crippen LogP contribution is 2.41. The lowest BCUT2D eigenvalue weighted by Crippen LogP contribution is -2.34. The van der Waals surface area contributed by atoms with E-state index in [2.05, 4.69) is 6.92 Å². The standard InChI is InChI=1S/C21H30F2O2/c1-3-4-5-6-14-7-9-15(10-8-14)17-12-11-16-13-18(24-2)19(22)20(23)21(16)25-17/h13-15,17H,3-12H2,1-2H3. The summed E-state index contributed by atoms with van der Waals surface area (Å²) in [6.45, 7) is 2.24. The third-order valence-electron chi connectivity index (χ3n) is 6.03. The second-order valence-electron chi connectivity index (χ2n) is 7.67. The Balaban J connectivity index is 1.59. The van der Waals surface area contributed by atoms with Crippen LogP contribution in [0.3, 0.4) is 0 Å². The van der Waals surface area contributed by atoms with E-state index in [1.165, 1.54) is 45.6 Å². The van der Waals surface area contributed by atoms with E-state index in [1.54, 1.807) is 6.07 Å². The summed E-state index contributed by atoms with van der Waals surface area (Å²) in [5.74, 6) is -0.448. The summed E-state index contributed by atoms with van der Waals surface area (Å²) in [6.07, 6.45) is 11.7. The Labute approximate surface area is 149 Å². The van der Waals surface area contributed by atoms with E-state index in [4.69, 9.17) is 9.47 Å². The van der Waals surface area contributed by atoms with E-state index in [1.807, 2.05) is 0 Å². The molecule has 1 aromatic carbocycles. The second kappa shape index (κ2) is 8.37. The Bertz CT molecular complexity index is 580. The van der Waals surface area contributed by atoms with Crippen LogP contribution < -0.4 is 9.47 Å². The Morgan fingerprint density at radius 3 is 2.52 bits per heavy atom. The molecule has 1 aliphatic heterocycles. The molecule has 4 heteroatoms. The highest BCUT2D eigenvalue weighted by Gasteiger charge is 2.34. The highest BCUT2D eigenvalue weighted by atomic mass is 19.2. The molecule has 1 saturated carbocycles. The van der Waals surface area contributed by atoms with E-state index < -0.39 is 11.6 Å². The molecule has 140 valence electrons. The predicted molar refractivity (Wildman–Crippen MR) is 95.2 cm³/mol. The molecule has 0 bridgehead atoms. The smallest absolute Gasteiger partial charge is 0.204 e. The quantitative estimate of drug-likeness (QED) is 0.580. The zero-order chi connectivity index (χ0) is 17.8. The van der Waals surface area contributed by atoms with Crippen molar-refractivity contribution in [1.29, 1.82) is 0 Å². The first-order chi connectivity index (χ1) is 12.1. The fraction of sp³-hybridized carbons (Fsp3) is 0.714. The van der Waals surface area contributed by atoms with Crippen molar-refractivity contribution in [3.05, 3.63) is 23.3 Å². The first-order valence-corrected chi connectivity index (χ1v) is 9.85. The summed E-state index contributed by atoms with van der Waals surface area (Å²) < 4.78 is 39.2. The van der Waals surface area contributed by atoms with Crippen LogP contribution in [0, 0.1) is 23.5 Å². The van der Waals surface area contributed by atoms with Gasteiger partial charge in [0.15, 0.2) is 11.5 Å². The molecule has 0 spiro atoms. The number of fused-ring (bicyclic) bond motifs is 1. The maximum Gasteiger partial charge on any atom is 0.204 e. The van der Waals surface area contributed by atoms with E-state index in [-0.39, 0.29) is 17.6 Å². The number of ether oxygens (including phenoxy) is 2. The number of halogens is 2. The molecule has 0 N–H and O–H groups in total. The van der Waals surface area contributed by atoms with Crippen molar-refractivity contribution < 1.29 is 18.3 Å². The van der Waals surface area contributed by atoms with Crippen molar-refractivity contribution in [2.45, 2.75) is 77.2 Å². The number of methoxy groups -OCH3 is 1. The van der Waals surface area contributed by atoms with Crippen molar-refractivity contribution in [3.8, 4) is 11.5 Å². The molecule has 1 unspecified atom stereocenters. The van der Waals surface area contributed by atoms with Crippen LogP contribution in [0.15, 0.2) is 6.07 Å². The van der Waals surface area contributed by atoms with Gasteiger partial charge in [0, 0.05) is 5.56 Å². The van der Waals surface area contributed by atoms with E-state index in [9.17, 15) is 8.78 Å². The summed E-state index contributed by atoms with van der Waals surface area (Å²) in [6, 6.07) is 1.58. The van der Waals surface area contributed by atoms with Crippen LogP contribution in [-0.4, -0.2) is 13.2 Å². The van der Waals surface area contributed by atoms with Crippen LogP contribution in [-0.2, 0) is 6.42 Å². The van der Waals surface area contributed by atoms with Crippen LogP contribution in [0.25, 0.3) is 0 Å². The molecule has 0 aromatic heterocycles. The van der Waals surface area contributed by atoms with E-state index in [0.29, 0.717) is 5.92 Å². The van der Waals surface area contributed by atoms with Gasteiger partial charge in [-0.15, -0.1) is 0 Å². The lowest BCUT2D eigenvalue weighted by Gasteiger charge is -2.36. The van der Waals surface area contributed by atoms with Gasteiger partial charge in [0.2, 0.25) is 11.6 Å². The van der Waals surface area contributed by atoms with Crippen LogP contribution in [0.1, 0.15) is 70.3 Å². The number of aryl methyl sites for hydroxylation is 1. The number of unbranched alkanes of at least 4 members (excludes halogenated alkanes) is 2. The molecule has 1 aliphatic carbocycles. The normalized spacial score (nSPS) is 26.0. The fourth-order valence-corrected chi connectivity index (χ4v) is 4.47. The Morgan fingerprint density at radius 1 is 1.08 bits per heavy atom. The summed E-state index contributed by atoms with van der Waals surface area (Å²) in [5, 5.41) is 0. The Morgan fingerprint density at radius 2 is 1.84 bits per heavy atom. The molecule has 2 nitrogen and oxygen atoms in total. The average molecular weight is 352 g/mol. The van der Waals surface area contributed by atoms with Crippen molar-refractivity contribution in [2.75, 3.05) is 7.11 Å². The van der Waals surface area contributed by atoms with Crippen molar-refractivity contribution in [1.82, 2.24) is 0 Å². The number of benzene rings is 1. The summed E-state index contributed by atoms with van der Waals surface area (Å²) in [5.41, 5.74) is 0.722. The SMILES string of the molecule is CCCCCC1CCC(C2CCc3cc(OC)c(F)c(F)c3O2)CC1. The van der Waals surface area contributed by atoms with Gasteiger partial charge in [0.25, 0.3) is 0 Å². The van der Waals surface area contributed by atoms with Crippen LogP contribution >= 0.6 is 0 Å². The Hall–Kier alpha value is -1.32. The van der Waals surface area contributed by atoms with Crippen LogP contribution in [0.5, 0.6) is 11.5 Å². The van der Waals surface area contributed by atoms with Gasteiger partial charge in [-0.1, -0.05) is 45.4 Å². The molecular formula is C21H30F2O2. The molecule has 3 rings (SSSR count). The lowest BCUT2D eigenvalue weighted by atomic mass is 9.76. The number of hydrogen-bond donors (Lipinski definition) is 0. The molecule has 1 atom stereocenters. The Kier molecular flexibility index (Phi) is 6.19. The maximum atomic E-state index is 14.3. The van der Waals surface area contributed by atoms with E-state index in [0.717, 1.165) is 37.2 Å². The van der Waals surface area contributed by atoms with Gasteiger partial charge in [-0.25, -0.2) is 0 Å². The molecule has 1 fully saturated rings. The third kappa shape index (κ3) is 4.09. The minimum absolute atomic E-state index is 0.0198. The molecule has 1 heterocycles. The summed E-state index contributed by atoms with van der Waals surface area (Å²) in [7, 11) is 1.36. The van der Waals surface area contributed by atoms with Crippen molar-refractivity contribution in [2.24, 2.45) is 11.8 Å². The first-order valence-electron chi connectivity index (χ1n) is 9.85. The number of rotatable bonds is 6. The topological polar surface area (TPSA) is 18.5 Å². The van der Waals surface area contributed by atoms with Gasteiger partial charge in [0.05, 0.1) is 7.11 Å². The molecule has 0 saturated heterocycles. The molecule has 1 aromatic rings. The van der Waals surface area contributed by atoms with Gasteiger partial charge in [0.1, 0.15) is 6.10 Å². The van der Waals surface area contributed by atoms with Gasteiger partial charge in [-0.05, 0) is 43.6 Å². The largest absolute Gasteiger partial charge is 0.494 e.